The smallest absolute Gasteiger partial charge is 0.119 e. The van der Waals surface area contributed by atoms with Crippen LogP contribution in [0.1, 0.15) is 11.1 Å². The summed E-state index contributed by atoms with van der Waals surface area (Å²) in [6.45, 7) is 0.471. The van der Waals surface area contributed by atoms with Crippen LogP contribution >= 0.6 is 23.2 Å². The van der Waals surface area contributed by atoms with Gasteiger partial charge in [0.15, 0.2) is 0 Å². The van der Waals surface area contributed by atoms with Crippen molar-refractivity contribution in [2.45, 2.75) is 6.54 Å². The van der Waals surface area contributed by atoms with Crippen LogP contribution in [0.15, 0.2) is 47.6 Å². The Bertz CT molecular complexity index is 594. The highest BCUT2D eigenvalue weighted by atomic mass is 35.5. The normalized spacial score (nSPS) is 10.8. The van der Waals surface area contributed by atoms with Crippen molar-refractivity contribution < 1.29 is 4.74 Å². The Morgan fingerprint density at radius 2 is 1.85 bits per heavy atom. The number of nitrogens with one attached hydrogen (secondary N) is 1. The van der Waals surface area contributed by atoms with Gasteiger partial charge in [-0.1, -0.05) is 41.4 Å². The zero-order chi connectivity index (χ0) is 14.4. The van der Waals surface area contributed by atoms with E-state index in [0.717, 1.165) is 16.9 Å². The largest absolute Gasteiger partial charge is 0.497 e. The van der Waals surface area contributed by atoms with Gasteiger partial charge in [0.2, 0.25) is 0 Å². The van der Waals surface area contributed by atoms with E-state index in [2.05, 4.69) is 10.5 Å². The fraction of sp³-hybridized carbons (Fsp3) is 0.133. The molecule has 1 N–H and O–H groups in total. The fourth-order valence-electron chi connectivity index (χ4n) is 1.67. The van der Waals surface area contributed by atoms with Crippen LogP contribution in [0.2, 0.25) is 10.0 Å². The Balaban J connectivity index is 1.97. The summed E-state index contributed by atoms with van der Waals surface area (Å²) in [6.07, 6.45) is 1.72. The quantitative estimate of drug-likeness (QED) is 0.665. The van der Waals surface area contributed by atoms with Gasteiger partial charge in [0.05, 0.1) is 19.9 Å². The summed E-state index contributed by atoms with van der Waals surface area (Å²) in [5, 5.41) is 5.40. The molecule has 104 valence electrons. The second-order valence-corrected chi connectivity index (χ2v) is 4.88. The number of benzene rings is 2. The van der Waals surface area contributed by atoms with Gasteiger partial charge in [-0.15, -0.1) is 0 Å². The van der Waals surface area contributed by atoms with Crippen molar-refractivity contribution in [3.05, 3.63) is 63.6 Å². The third-order valence-electron chi connectivity index (χ3n) is 2.72. The summed E-state index contributed by atoms with van der Waals surface area (Å²) < 4.78 is 5.14. The van der Waals surface area contributed by atoms with E-state index < -0.39 is 0 Å². The molecule has 0 heterocycles. The average Bonchev–Trinajstić information content (AvgIpc) is 2.46. The van der Waals surface area contributed by atoms with Gasteiger partial charge < -0.3 is 10.2 Å². The maximum Gasteiger partial charge on any atom is 0.119 e. The van der Waals surface area contributed by atoms with Crippen LogP contribution in [0.25, 0.3) is 0 Å². The average molecular weight is 309 g/mol. The first kappa shape index (κ1) is 14.7. The lowest BCUT2D eigenvalue weighted by Crippen LogP contribution is -2.06. The number of nitrogens with zero attached hydrogens (tertiary/aromatic N) is 1. The number of hydrazone groups is 1. The molecule has 0 unspecified atom stereocenters. The maximum absolute atomic E-state index is 6.07. The maximum atomic E-state index is 6.07. The predicted molar refractivity (Wildman–Crippen MR) is 83.9 cm³/mol. The Labute approximate surface area is 128 Å². The van der Waals surface area contributed by atoms with E-state index in [1.807, 2.05) is 30.3 Å². The second-order valence-electron chi connectivity index (χ2n) is 4.07. The lowest BCUT2D eigenvalue weighted by Gasteiger charge is -2.06. The van der Waals surface area contributed by atoms with E-state index in [4.69, 9.17) is 27.9 Å². The van der Waals surface area contributed by atoms with Gasteiger partial charge in [-0.25, -0.2) is 0 Å². The molecule has 0 radical (unpaired) electrons. The molecular formula is C15H14Cl2N2O. The first-order valence-electron chi connectivity index (χ1n) is 6.03. The molecule has 3 nitrogen and oxygen atoms in total. The van der Waals surface area contributed by atoms with E-state index in [9.17, 15) is 0 Å². The highest BCUT2D eigenvalue weighted by molar-refractivity contribution is 6.35. The lowest BCUT2D eigenvalue weighted by atomic mass is 10.2. The molecule has 0 amide bonds. The minimum atomic E-state index is 0.471. The van der Waals surface area contributed by atoms with E-state index in [1.54, 1.807) is 25.5 Å². The summed E-state index contributed by atoms with van der Waals surface area (Å²) in [5.74, 6) is 0.795. The number of rotatable bonds is 5. The van der Waals surface area contributed by atoms with Crippen molar-refractivity contribution in [3.8, 4) is 5.75 Å². The van der Waals surface area contributed by atoms with Gasteiger partial charge in [-0.05, 0) is 29.8 Å². The van der Waals surface area contributed by atoms with Crippen molar-refractivity contribution >= 4 is 29.4 Å². The van der Waals surface area contributed by atoms with Gasteiger partial charge in [-0.2, -0.15) is 5.10 Å². The number of hydrogen-bond acceptors (Lipinski definition) is 3. The molecule has 0 bridgehead atoms. The van der Waals surface area contributed by atoms with Crippen LogP contribution in [0.5, 0.6) is 5.75 Å². The van der Waals surface area contributed by atoms with Crippen LogP contribution in [0.4, 0.5) is 0 Å². The molecule has 0 fully saturated rings. The Morgan fingerprint density at radius 3 is 2.55 bits per heavy atom. The molecule has 0 aromatic heterocycles. The van der Waals surface area contributed by atoms with Crippen molar-refractivity contribution in [1.29, 1.82) is 0 Å². The van der Waals surface area contributed by atoms with Crippen LogP contribution in [0.3, 0.4) is 0 Å². The molecule has 2 aromatic rings. The van der Waals surface area contributed by atoms with Crippen LogP contribution in [-0.4, -0.2) is 13.3 Å². The summed E-state index contributed by atoms with van der Waals surface area (Å²) in [7, 11) is 1.63. The van der Waals surface area contributed by atoms with Crippen LogP contribution in [0, 0.1) is 0 Å². The van der Waals surface area contributed by atoms with E-state index >= 15 is 0 Å². The van der Waals surface area contributed by atoms with E-state index in [1.165, 1.54) is 0 Å². The Morgan fingerprint density at radius 1 is 1.15 bits per heavy atom. The standard InChI is InChI=1S/C15H14Cl2N2O/c1-20-12-5-2-4-11(8-12)9-18-19-10-13-14(16)6-3-7-15(13)17/h2-9,19H,10H2,1H3/b18-9+. The van der Waals surface area contributed by atoms with E-state index in [-0.39, 0.29) is 0 Å². The number of methoxy groups -OCH3 is 1. The summed E-state index contributed by atoms with van der Waals surface area (Å²) in [4.78, 5) is 0. The molecule has 0 saturated carbocycles. The lowest BCUT2D eigenvalue weighted by molar-refractivity contribution is 0.414. The van der Waals surface area contributed by atoms with E-state index in [0.29, 0.717) is 16.6 Å². The summed E-state index contributed by atoms with van der Waals surface area (Å²) >= 11 is 12.1. The molecule has 20 heavy (non-hydrogen) atoms. The van der Waals surface area contributed by atoms with Gasteiger partial charge in [0.1, 0.15) is 5.75 Å². The van der Waals surface area contributed by atoms with Crippen molar-refractivity contribution in [2.24, 2.45) is 5.10 Å². The number of ether oxygens (including phenoxy) is 1. The number of hydrogen-bond donors (Lipinski definition) is 1. The monoisotopic (exact) mass is 308 g/mol. The summed E-state index contributed by atoms with van der Waals surface area (Å²) in [5.41, 5.74) is 4.71. The minimum absolute atomic E-state index is 0.471. The van der Waals surface area contributed by atoms with Gasteiger partial charge in [-0.3, -0.25) is 0 Å². The molecule has 0 aliphatic heterocycles. The molecule has 0 atom stereocenters. The van der Waals surface area contributed by atoms with Gasteiger partial charge in [0.25, 0.3) is 0 Å². The number of halogens is 2. The molecule has 0 spiro atoms. The Hall–Kier alpha value is -1.71. The molecule has 0 saturated heterocycles. The first-order chi connectivity index (χ1) is 9.70. The highest BCUT2D eigenvalue weighted by Crippen LogP contribution is 2.23. The third-order valence-corrected chi connectivity index (χ3v) is 3.42. The first-order valence-corrected chi connectivity index (χ1v) is 6.79. The minimum Gasteiger partial charge on any atom is -0.497 e. The second kappa shape index (κ2) is 7.17. The molecule has 2 aromatic carbocycles. The SMILES string of the molecule is COc1cccc(/C=N/NCc2c(Cl)cccc2Cl)c1. The molecular weight excluding hydrogens is 295 g/mol. The topological polar surface area (TPSA) is 33.6 Å². The van der Waals surface area contributed by atoms with Crippen molar-refractivity contribution in [2.75, 3.05) is 7.11 Å². The molecule has 0 aliphatic carbocycles. The molecule has 0 aliphatic rings. The predicted octanol–water partition coefficient (Wildman–Crippen LogP) is 4.13. The third kappa shape index (κ3) is 3.89. The highest BCUT2D eigenvalue weighted by Gasteiger charge is 2.03. The Kier molecular flexibility index (Phi) is 5.27. The molecule has 5 heteroatoms. The van der Waals surface area contributed by atoms with Crippen LogP contribution < -0.4 is 10.2 Å². The van der Waals surface area contributed by atoms with Crippen LogP contribution in [-0.2, 0) is 6.54 Å². The van der Waals surface area contributed by atoms with Gasteiger partial charge in [0, 0.05) is 15.6 Å². The van der Waals surface area contributed by atoms with Crippen molar-refractivity contribution in [1.82, 2.24) is 5.43 Å². The summed E-state index contributed by atoms with van der Waals surface area (Å²) in [6, 6.07) is 13.0. The van der Waals surface area contributed by atoms with Crippen molar-refractivity contribution in [3.63, 3.8) is 0 Å². The van der Waals surface area contributed by atoms with Gasteiger partial charge >= 0.3 is 0 Å². The molecule has 2 rings (SSSR count). The zero-order valence-electron chi connectivity index (χ0n) is 10.9. The zero-order valence-corrected chi connectivity index (χ0v) is 12.4. The fourth-order valence-corrected chi connectivity index (χ4v) is 2.20.